The molecule has 0 saturated heterocycles. The zero-order valence-electron chi connectivity index (χ0n) is 8.55. The smallest absolute Gasteiger partial charge is 0.188 e. The molecule has 0 spiro atoms. The summed E-state index contributed by atoms with van der Waals surface area (Å²) in [7, 11) is 0. The minimum Gasteiger partial charge on any atom is -0.427 e. The zero-order chi connectivity index (χ0) is 10.1. The second-order valence-electron chi connectivity index (χ2n) is 2.89. The van der Waals surface area contributed by atoms with Crippen LogP contribution < -0.4 is 11.5 Å². The quantitative estimate of drug-likeness (QED) is 0.622. The second-order valence-corrected chi connectivity index (χ2v) is 2.89. The van der Waals surface area contributed by atoms with Crippen molar-refractivity contribution in [2.24, 2.45) is 11.5 Å². The third kappa shape index (κ3) is 7.25. The number of allylic oxidation sites excluding steroid dienone is 2. The minimum absolute atomic E-state index is 0.395. The van der Waals surface area contributed by atoms with Crippen molar-refractivity contribution in [3.8, 4) is 0 Å². The van der Waals surface area contributed by atoms with Crippen LogP contribution in [0.3, 0.4) is 0 Å². The molecule has 0 heterocycles. The van der Waals surface area contributed by atoms with Crippen LogP contribution in [0.5, 0.6) is 0 Å². The summed E-state index contributed by atoms with van der Waals surface area (Å²) in [6.45, 7) is 4.17. The standard InChI is InChI=1S/C10H20N2O/c1-3-5-7-9(11)13-10(12)8-6-4-2/h7-8H,3-6,11-12H2,1-2H3/b9-7+,10-8+. The summed E-state index contributed by atoms with van der Waals surface area (Å²) in [5.41, 5.74) is 11.1. The number of unbranched alkanes of at least 4 members (excludes halogenated alkanes) is 2. The normalized spacial score (nSPS) is 13.1. The van der Waals surface area contributed by atoms with Gasteiger partial charge in [-0.05, 0) is 25.0 Å². The lowest BCUT2D eigenvalue weighted by atomic mass is 10.3. The van der Waals surface area contributed by atoms with E-state index in [1.807, 2.05) is 12.2 Å². The van der Waals surface area contributed by atoms with E-state index in [0.29, 0.717) is 11.8 Å². The Morgan fingerprint density at radius 2 is 1.38 bits per heavy atom. The number of hydrogen-bond acceptors (Lipinski definition) is 3. The van der Waals surface area contributed by atoms with Crippen molar-refractivity contribution >= 4 is 0 Å². The third-order valence-electron chi connectivity index (χ3n) is 1.50. The highest BCUT2D eigenvalue weighted by molar-refractivity contribution is 4.95. The first-order chi connectivity index (χ1) is 6.20. The predicted octanol–water partition coefficient (Wildman–Crippen LogP) is 2.20. The molecule has 3 heteroatoms. The van der Waals surface area contributed by atoms with Gasteiger partial charge in [0, 0.05) is 0 Å². The van der Waals surface area contributed by atoms with Crippen LogP contribution >= 0.6 is 0 Å². The summed E-state index contributed by atoms with van der Waals surface area (Å²) in [6.07, 6.45) is 7.64. The van der Waals surface area contributed by atoms with Crippen molar-refractivity contribution in [3.05, 3.63) is 23.9 Å². The lowest BCUT2D eigenvalue weighted by Crippen LogP contribution is -2.08. The first-order valence-corrected chi connectivity index (χ1v) is 4.79. The molecule has 4 N–H and O–H groups in total. The maximum absolute atomic E-state index is 5.55. The Kier molecular flexibility index (Phi) is 6.88. The Morgan fingerprint density at radius 1 is 1.00 bits per heavy atom. The van der Waals surface area contributed by atoms with Crippen molar-refractivity contribution in [3.63, 3.8) is 0 Å². The average Bonchev–Trinajstić information content (AvgIpc) is 2.11. The van der Waals surface area contributed by atoms with Crippen LogP contribution in [0.15, 0.2) is 23.9 Å². The molecule has 0 aliphatic rings. The molecular weight excluding hydrogens is 164 g/mol. The summed E-state index contributed by atoms with van der Waals surface area (Å²) in [5, 5.41) is 0. The van der Waals surface area contributed by atoms with E-state index in [1.165, 1.54) is 0 Å². The van der Waals surface area contributed by atoms with E-state index in [-0.39, 0.29) is 0 Å². The molecule has 0 fully saturated rings. The molecule has 76 valence electrons. The highest BCUT2D eigenvalue weighted by atomic mass is 16.5. The van der Waals surface area contributed by atoms with Gasteiger partial charge < -0.3 is 16.2 Å². The molecule has 0 amide bonds. The van der Waals surface area contributed by atoms with Crippen molar-refractivity contribution in [2.75, 3.05) is 0 Å². The van der Waals surface area contributed by atoms with Gasteiger partial charge in [0.25, 0.3) is 0 Å². The maximum Gasteiger partial charge on any atom is 0.188 e. The molecule has 0 aliphatic carbocycles. The summed E-state index contributed by atoms with van der Waals surface area (Å²) in [5.74, 6) is 0.790. The molecule has 0 atom stereocenters. The lowest BCUT2D eigenvalue weighted by Gasteiger charge is -2.04. The Hall–Kier alpha value is -1.12. The monoisotopic (exact) mass is 184 g/mol. The molecule has 0 aromatic heterocycles. The van der Waals surface area contributed by atoms with E-state index in [2.05, 4.69) is 13.8 Å². The van der Waals surface area contributed by atoms with Gasteiger partial charge in [-0.15, -0.1) is 0 Å². The molecule has 0 aromatic carbocycles. The van der Waals surface area contributed by atoms with Crippen molar-refractivity contribution < 1.29 is 4.74 Å². The van der Waals surface area contributed by atoms with Crippen LogP contribution in [0.2, 0.25) is 0 Å². The van der Waals surface area contributed by atoms with Crippen LogP contribution in [-0.4, -0.2) is 0 Å². The van der Waals surface area contributed by atoms with Gasteiger partial charge in [0.2, 0.25) is 0 Å². The van der Waals surface area contributed by atoms with Crippen LogP contribution in [0, 0.1) is 0 Å². The van der Waals surface area contributed by atoms with Crippen molar-refractivity contribution in [1.29, 1.82) is 0 Å². The molecule has 13 heavy (non-hydrogen) atoms. The van der Waals surface area contributed by atoms with E-state index in [0.717, 1.165) is 25.7 Å². The highest BCUT2D eigenvalue weighted by Gasteiger charge is 1.92. The average molecular weight is 184 g/mol. The number of hydrogen-bond donors (Lipinski definition) is 2. The predicted molar refractivity (Wildman–Crippen MR) is 55.4 cm³/mol. The largest absolute Gasteiger partial charge is 0.427 e. The van der Waals surface area contributed by atoms with Crippen LogP contribution in [-0.2, 0) is 4.74 Å². The van der Waals surface area contributed by atoms with E-state index in [1.54, 1.807) is 0 Å². The molecular formula is C10H20N2O. The summed E-state index contributed by atoms with van der Waals surface area (Å²) >= 11 is 0. The Labute approximate surface area is 80.4 Å². The lowest BCUT2D eigenvalue weighted by molar-refractivity contribution is 0.293. The minimum atomic E-state index is 0.395. The second kappa shape index (κ2) is 7.53. The van der Waals surface area contributed by atoms with Gasteiger partial charge in [0.1, 0.15) is 0 Å². The van der Waals surface area contributed by atoms with Gasteiger partial charge in [-0.1, -0.05) is 26.7 Å². The fourth-order valence-electron chi connectivity index (χ4n) is 0.793. The maximum atomic E-state index is 5.55. The van der Waals surface area contributed by atoms with Crippen LogP contribution in [0.4, 0.5) is 0 Å². The highest BCUT2D eigenvalue weighted by Crippen LogP contribution is 2.00. The van der Waals surface area contributed by atoms with Gasteiger partial charge in [0.05, 0.1) is 0 Å². The molecule has 0 aliphatic heterocycles. The van der Waals surface area contributed by atoms with Gasteiger partial charge in [-0.3, -0.25) is 0 Å². The number of ether oxygens (including phenoxy) is 1. The molecule has 0 bridgehead atoms. The Balaban J connectivity index is 3.82. The molecule has 0 aromatic rings. The molecule has 0 unspecified atom stereocenters. The van der Waals surface area contributed by atoms with Gasteiger partial charge >= 0.3 is 0 Å². The molecule has 0 radical (unpaired) electrons. The van der Waals surface area contributed by atoms with E-state index < -0.39 is 0 Å². The summed E-state index contributed by atoms with van der Waals surface area (Å²) in [4.78, 5) is 0. The zero-order valence-corrected chi connectivity index (χ0v) is 8.55. The number of rotatable bonds is 6. The number of nitrogens with two attached hydrogens (primary N) is 2. The van der Waals surface area contributed by atoms with Gasteiger partial charge in [-0.25, -0.2) is 0 Å². The first kappa shape index (κ1) is 11.9. The Bertz CT molecular complexity index is 165. The fraction of sp³-hybridized carbons (Fsp3) is 0.600. The molecule has 0 saturated carbocycles. The fourth-order valence-corrected chi connectivity index (χ4v) is 0.793. The molecule has 3 nitrogen and oxygen atoms in total. The SMILES string of the molecule is CCC/C=C(\N)O/C(N)=C/CCC. The van der Waals surface area contributed by atoms with Crippen molar-refractivity contribution in [1.82, 2.24) is 0 Å². The molecule has 0 rings (SSSR count). The first-order valence-electron chi connectivity index (χ1n) is 4.79. The van der Waals surface area contributed by atoms with E-state index in [9.17, 15) is 0 Å². The summed E-state index contributed by atoms with van der Waals surface area (Å²) in [6, 6.07) is 0. The van der Waals surface area contributed by atoms with Crippen LogP contribution in [0.25, 0.3) is 0 Å². The van der Waals surface area contributed by atoms with Gasteiger partial charge in [0.15, 0.2) is 11.8 Å². The topological polar surface area (TPSA) is 61.3 Å². The van der Waals surface area contributed by atoms with Crippen molar-refractivity contribution in [2.45, 2.75) is 39.5 Å². The van der Waals surface area contributed by atoms with E-state index >= 15 is 0 Å². The van der Waals surface area contributed by atoms with Gasteiger partial charge in [-0.2, -0.15) is 0 Å². The van der Waals surface area contributed by atoms with E-state index in [4.69, 9.17) is 16.2 Å². The Morgan fingerprint density at radius 3 is 1.69 bits per heavy atom. The van der Waals surface area contributed by atoms with Crippen LogP contribution in [0.1, 0.15) is 39.5 Å². The third-order valence-corrected chi connectivity index (χ3v) is 1.50. The summed E-state index contributed by atoms with van der Waals surface area (Å²) < 4.78 is 5.13.